The summed E-state index contributed by atoms with van der Waals surface area (Å²) in [4.78, 5) is 1.04. The molecule has 2 aromatic carbocycles. The summed E-state index contributed by atoms with van der Waals surface area (Å²) in [7, 11) is 1.90. The summed E-state index contributed by atoms with van der Waals surface area (Å²) in [5.41, 5.74) is 6.44. The van der Waals surface area contributed by atoms with E-state index in [9.17, 15) is 0 Å². The van der Waals surface area contributed by atoms with Crippen LogP contribution in [0.2, 0.25) is 0 Å². The lowest BCUT2D eigenvalue weighted by Crippen LogP contribution is -2.13. The number of nitrogens with two attached hydrogens (primary N) is 1. The second kappa shape index (κ2) is 5.45. The van der Waals surface area contributed by atoms with Crippen LogP contribution in [0.25, 0.3) is 10.8 Å². The van der Waals surface area contributed by atoms with Gasteiger partial charge in [-0.15, -0.1) is 10.2 Å². The molecule has 0 aliphatic rings. The van der Waals surface area contributed by atoms with Gasteiger partial charge in [-0.1, -0.05) is 29.4 Å². The molecule has 0 atom stereocenters. The molecule has 21 heavy (non-hydrogen) atoms. The summed E-state index contributed by atoms with van der Waals surface area (Å²) in [5, 5.41) is 22.7. The Labute approximate surface area is 125 Å². The van der Waals surface area contributed by atoms with Crippen LogP contribution in [0.4, 0.5) is 0 Å². The molecule has 1 aromatic heterocycles. The molecule has 0 fully saturated rings. The van der Waals surface area contributed by atoms with Crippen LogP contribution >= 0.6 is 11.8 Å². The number of aromatic nitrogens is 3. The monoisotopic (exact) mass is 299 g/mol. The molecule has 3 N–H and O–H groups in total. The summed E-state index contributed by atoms with van der Waals surface area (Å²) in [6.45, 7) is 0. The zero-order valence-corrected chi connectivity index (χ0v) is 12.1. The van der Waals surface area contributed by atoms with Gasteiger partial charge < -0.3 is 15.5 Å². The summed E-state index contributed by atoms with van der Waals surface area (Å²) in [5.74, 6) is 0.0985. The predicted octanol–water partition coefficient (Wildman–Crippen LogP) is 2.21. The second-order valence-electron chi connectivity index (χ2n) is 4.47. The highest BCUT2D eigenvalue weighted by Crippen LogP contribution is 2.33. The molecule has 0 bridgehead atoms. The number of amidine groups is 1. The predicted molar refractivity (Wildman–Crippen MR) is 81.6 cm³/mol. The highest BCUT2D eigenvalue weighted by molar-refractivity contribution is 7.99. The van der Waals surface area contributed by atoms with Gasteiger partial charge in [0.1, 0.15) is 6.33 Å². The van der Waals surface area contributed by atoms with Crippen molar-refractivity contribution >= 4 is 28.4 Å². The molecule has 0 unspecified atom stereocenters. The number of oxime groups is 1. The highest BCUT2D eigenvalue weighted by Gasteiger charge is 2.11. The van der Waals surface area contributed by atoms with Gasteiger partial charge in [0.05, 0.1) is 0 Å². The first kappa shape index (κ1) is 13.4. The molecular formula is C14H13N5OS. The van der Waals surface area contributed by atoms with E-state index in [1.54, 1.807) is 6.33 Å². The zero-order valence-electron chi connectivity index (χ0n) is 11.3. The van der Waals surface area contributed by atoms with Crippen LogP contribution in [-0.4, -0.2) is 25.8 Å². The van der Waals surface area contributed by atoms with Crippen molar-refractivity contribution in [2.75, 3.05) is 0 Å². The quantitative estimate of drug-likeness (QED) is 0.335. The molecule has 0 saturated heterocycles. The number of fused-ring (bicyclic) bond motifs is 1. The van der Waals surface area contributed by atoms with E-state index in [0.717, 1.165) is 20.8 Å². The van der Waals surface area contributed by atoms with E-state index in [1.807, 2.05) is 48.0 Å². The molecule has 106 valence electrons. The molecule has 0 radical (unpaired) electrons. The van der Waals surface area contributed by atoms with E-state index >= 15 is 0 Å². The average molecular weight is 299 g/mol. The molecule has 0 amide bonds. The fraction of sp³-hybridized carbons (Fsp3) is 0.0714. The minimum absolute atomic E-state index is 0.0985. The second-order valence-corrected chi connectivity index (χ2v) is 5.48. The molecule has 3 aromatic rings. The molecule has 3 rings (SSSR count). The van der Waals surface area contributed by atoms with Gasteiger partial charge in [-0.2, -0.15) is 0 Å². The Balaban J connectivity index is 2.15. The van der Waals surface area contributed by atoms with Crippen LogP contribution in [0.3, 0.4) is 0 Å². The zero-order chi connectivity index (χ0) is 14.8. The Bertz CT molecular complexity index is 827. The van der Waals surface area contributed by atoms with E-state index in [1.165, 1.54) is 11.8 Å². The fourth-order valence-corrected chi connectivity index (χ4v) is 3.00. The van der Waals surface area contributed by atoms with Crippen molar-refractivity contribution in [2.24, 2.45) is 17.9 Å². The smallest absolute Gasteiger partial charge is 0.195 e. The third-order valence-corrected chi connectivity index (χ3v) is 4.27. The van der Waals surface area contributed by atoms with Crippen LogP contribution in [0.5, 0.6) is 0 Å². The normalized spacial score (nSPS) is 12.0. The largest absolute Gasteiger partial charge is 0.409 e. The van der Waals surface area contributed by atoms with Crippen LogP contribution < -0.4 is 5.73 Å². The third kappa shape index (κ3) is 2.43. The fourth-order valence-electron chi connectivity index (χ4n) is 2.10. The summed E-state index contributed by atoms with van der Waals surface area (Å²) in [6.07, 6.45) is 1.66. The summed E-state index contributed by atoms with van der Waals surface area (Å²) in [6, 6.07) is 11.6. The number of aryl methyl sites for hydroxylation is 1. The number of benzene rings is 2. The third-order valence-electron chi connectivity index (χ3n) is 3.14. The first-order chi connectivity index (χ1) is 10.2. The van der Waals surface area contributed by atoms with Crippen LogP contribution in [0.1, 0.15) is 5.56 Å². The van der Waals surface area contributed by atoms with Crippen molar-refractivity contribution in [3.63, 3.8) is 0 Å². The lowest BCUT2D eigenvalue weighted by Gasteiger charge is -2.09. The molecule has 0 aliphatic heterocycles. The standard InChI is InChI=1S/C14H13N5OS/c1-19-8-16-17-14(19)21-12-7-6-11(13(15)18-20)9-4-2-3-5-10(9)12/h2-8,20H,1H3,(H2,15,18). The summed E-state index contributed by atoms with van der Waals surface area (Å²) < 4.78 is 1.86. The highest BCUT2D eigenvalue weighted by atomic mass is 32.2. The number of hydrogen-bond donors (Lipinski definition) is 2. The van der Waals surface area contributed by atoms with Gasteiger partial charge in [-0.25, -0.2) is 0 Å². The lowest BCUT2D eigenvalue weighted by atomic mass is 10.0. The Morgan fingerprint density at radius 3 is 2.67 bits per heavy atom. The minimum Gasteiger partial charge on any atom is -0.409 e. The van der Waals surface area contributed by atoms with Crippen molar-refractivity contribution in [3.8, 4) is 0 Å². The maximum absolute atomic E-state index is 8.90. The molecule has 6 nitrogen and oxygen atoms in total. The Kier molecular flexibility index (Phi) is 3.49. The van der Waals surface area contributed by atoms with Gasteiger partial charge in [0.15, 0.2) is 11.0 Å². The summed E-state index contributed by atoms with van der Waals surface area (Å²) >= 11 is 1.52. The van der Waals surface area contributed by atoms with Crippen molar-refractivity contribution in [1.82, 2.24) is 14.8 Å². The maximum atomic E-state index is 8.90. The SMILES string of the molecule is Cn1cnnc1Sc1ccc(/C(N)=N/O)c2ccccc12. The van der Waals surface area contributed by atoms with Crippen LogP contribution in [0.15, 0.2) is 57.9 Å². The molecule has 0 spiro atoms. The van der Waals surface area contributed by atoms with Gasteiger partial charge in [-0.05, 0) is 34.7 Å². The number of nitrogens with zero attached hydrogens (tertiary/aromatic N) is 4. The van der Waals surface area contributed by atoms with Crippen molar-refractivity contribution in [1.29, 1.82) is 0 Å². The topological polar surface area (TPSA) is 89.3 Å². The van der Waals surface area contributed by atoms with Crippen LogP contribution in [-0.2, 0) is 7.05 Å². The molecule has 7 heteroatoms. The van der Waals surface area contributed by atoms with E-state index in [0.29, 0.717) is 5.56 Å². The van der Waals surface area contributed by atoms with E-state index < -0.39 is 0 Å². The number of rotatable bonds is 3. The first-order valence-corrected chi connectivity index (χ1v) is 7.04. The Hall–Kier alpha value is -2.54. The van der Waals surface area contributed by atoms with E-state index in [2.05, 4.69) is 15.4 Å². The molecule has 0 aliphatic carbocycles. The first-order valence-electron chi connectivity index (χ1n) is 6.22. The van der Waals surface area contributed by atoms with E-state index in [4.69, 9.17) is 10.9 Å². The van der Waals surface area contributed by atoms with Crippen LogP contribution in [0, 0.1) is 0 Å². The number of hydrogen-bond acceptors (Lipinski definition) is 5. The van der Waals surface area contributed by atoms with Gasteiger partial charge in [0, 0.05) is 17.5 Å². The van der Waals surface area contributed by atoms with Crippen molar-refractivity contribution in [3.05, 3.63) is 48.3 Å². The van der Waals surface area contributed by atoms with Crippen molar-refractivity contribution < 1.29 is 5.21 Å². The maximum Gasteiger partial charge on any atom is 0.195 e. The van der Waals surface area contributed by atoms with Gasteiger partial charge in [-0.3, -0.25) is 0 Å². The van der Waals surface area contributed by atoms with E-state index in [-0.39, 0.29) is 5.84 Å². The van der Waals surface area contributed by atoms with Crippen molar-refractivity contribution in [2.45, 2.75) is 10.1 Å². The van der Waals surface area contributed by atoms with Gasteiger partial charge in [0.25, 0.3) is 0 Å². The minimum atomic E-state index is 0.0985. The lowest BCUT2D eigenvalue weighted by molar-refractivity contribution is 0.318. The molecule has 0 saturated carbocycles. The molecule has 1 heterocycles. The average Bonchev–Trinajstić information content (AvgIpc) is 2.92. The molecular weight excluding hydrogens is 286 g/mol. The Morgan fingerprint density at radius 2 is 2.00 bits per heavy atom. The Morgan fingerprint density at radius 1 is 1.24 bits per heavy atom. The van der Waals surface area contributed by atoms with Gasteiger partial charge in [0.2, 0.25) is 0 Å². The van der Waals surface area contributed by atoms with Gasteiger partial charge >= 0.3 is 0 Å².